The van der Waals surface area contributed by atoms with Crippen molar-refractivity contribution in [3.8, 4) is 17.4 Å². The quantitative estimate of drug-likeness (QED) is 0.428. The van der Waals surface area contributed by atoms with Crippen molar-refractivity contribution in [2.24, 2.45) is 0 Å². The van der Waals surface area contributed by atoms with Gasteiger partial charge in [0, 0.05) is 24.7 Å². The van der Waals surface area contributed by atoms with Gasteiger partial charge in [-0.25, -0.2) is 9.78 Å². The highest BCUT2D eigenvalue weighted by Gasteiger charge is 2.55. The average Bonchev–Trinajstić information content (AvgIpc) is 2.83. The number of pyridine rings is 1. The van der Waals surface area contributed by atoms with Gasteiger partial charge < -0.3 is 24.6 Å². The summed E-state index contributed by atoms with van der Waals surface area (Å²) in [5.74, 6) is -1.56. The van der Waals surface area contributed by atoms with Crippen molar-refractivity contribution >= 4 is 40.8 Å². The minimum absolute atomic E-state index is 0.0486. The molecular formula is C24H17Cl2F3N2O6. The first-order valence-corrected chi connectivity index (χ1v) is 11.2. The maximum atomic E-state index is 14.2. The Kier molecular flexibility index (Phi) is 6.97. The highest BCUT2D eigenvalue weighted by atomic mass is 35.5. The maximum Gasteiger partial charge on any atom is 0.421 e. The first-order valence-electron chi connectivity index (χ1n) is 10.5. The smallest absolute Gasteiger partial charge is 0.421 e. The Bertz CT molecular complexity index is 1400. The third-order valence-electron chi connectivity index (χ3n) is 5.73. The van der Waals surface area contributed by atoms with Crippen LogP contribution in [-0.2, 0) is 16.8 Å². The van der Waals surface area contributed by atoms with Crippen LogP contribution in [0.25, 0.3) is 0 Å². The lowest BCUT2D eigenvalue weighted by atomic mass is 9.86. The summed E-state index contributed by atoms with van der Waals surface area (Å²) in [5.41, 5.74) is -3.99. The SMILES string of the molecule is CN1C(=O)COc2ccc(C(O)(Cc3ccc(Oc4ncc(C(=O)O)cc4Cl)cc3Cl)C(F)(F)F)cc21. The molecule has 0 radical (unpaired) electrons. The van der Waals surface area contributed by atoms with Crippen molar-refractivity contribution in [2.45, 2.75) is 18.2 Å². The fourth-order valence-corrected chi connectivity index (χ4v) is 4.08. The van der Waals surface area contributed by atoms with E-state index < -0.39 is 35.6 Å². The van der Waals surface area contributed by atoms with E-state index in [9.17, 15) is 27.9 Å². The Balaban J connectivity index is 1.64. The number of likely N-dealkylation sites (N-methyl/N-ethyl adjacent to an activating group) is 1. The number of amides is 1. The van der Waals surface area contributed by atoms with Crippen LogP contribution in [0, 0.1) is 0 Å². The molecule has 2 N–H and O–H groups in total. The molecule has 4 rings (SSSR count). The lowest BCUT2D eigenvalue weighted by Gasteiger charge is -2.33. The van der Waals surface area contributed by atoms with Crippen molar-refractivity contribution in [2.75, 3.05) is 18.6 Å². The number of alkyl halides is 3. The van der Waals surface area contributed by atoms with E-state index in [1.807, 2.05) is 0 Å². The van der Waals surface area contributed by atoms with Crippen LogP contribution >= 0.6 is 23.2 Å². The molecule has 1 aliphatic rings. The van der Waals surface area contributed by atoms with E-state index in [1.54, 1.807) is 0 Å². The summed E-state index contributed by atoms with van der Waals surface area (Å²) < 4.78 is 53.4. The van der Waals surface area contributed by atoms with Gasteiger partial charge in [0.1, 0.15) is 16.5 Å². The van der Waals surface area contributed by atoms with Crippen molar-refractivity contribution in [1.29, 1.82) is 0 Å². The van der Waals surface area contributed by atoms with Crippen LogP contribution < -0.4 is 14.4 Å². The van der Waals surface area contributed by atoms with Gasteiger partial charge in [0.25, 0.3) is 5.91 Å². The number of carbonyl (C=O) groups excluding carboxylic acids is 1. The number of fused-ring (bicyclic) bond motifs is 1. The molecule has 0 saturated carbocycles. The maximum absolute atomic E-state index is 14.2. The molecule has 0 fully saturated rings. The van der Waals surface area contributed by atoms with Gasteiger partial charge in [0.05, 0.1) is 11.3 Å². The molecule has 0 aliphatic carbocycles. The van der Waals surface area contributed by atoms with Gasteiger partial charge in [0.15, 0.2) is 12.2 Å². The van der Waals surface area contributed by atoms with Gasteiger partial charge in [-0.05, 0) is 41.5 Å². The standard InChI is InChI=1S/C24H17Cl2F3N2O6/c1-31-18-7-14(3-5-19(18)36-11-20(31)32)23(35,24(27,28)29)9-12-2-4-15(8-16(12)25)37-21-17(26)6-13(10-30-21)22(33)34/h2-8,10,35H,9,11H2,1H3,(H,33,34). The molecule has 1 atom stereocenters. The fraction of sp³-hybridized carbons (Fsp3) is 0.208. The number of aromatic nitrogens is 1. The van der Waals surface area contributed by atoms with Gasteiger partial charge in [-0.1, -0.05) is 35.3 Å². The number of hydrogen-bond donors (Lipinski definition) is 2. The Hall–Kier alpha value is -3.54. The van der Waals surface area contributed by atoms with Crippen molar-refractivity contribution in [1.82, 2.24) is 4.98 Å². The van der Waals surface area contributed by atoms with E-state index in [1.165, 1.54) is 31.3 Å². The van der Waals surface area contributed by atoms with Crippen LogP contribution in [0.5, 0.6) is 17.4 Å². The van der Waals surface area contributed by atoms with Crippen LogP contribution in [0.15, 0.2) is 48.7 Å². The molecule has 8 nitrogen and oxygen atoms in total. The van der Waals surface area contributed by atoms with E-state index in [4.69, 9.17) is 37.8 Å². The Morgan fingerprint density at radius 3 is 2.51 bits per heavy atom. The molecule has 3 aromatic rings. The van der Waals surface area contributed by atoms with E-state index in [0.717, 1.165) is 29.3 Å². The van der Waals surface area contributed by atoms with Crippen LogP contribution in [-0.4, -0.2) is 46.9 Å². The van der Waals surface area contributed by atoms with Crippen LogP contribution in [0.4, 0.5) is 18.9 Å². The minimum Gasteiger partial charge on any atom is -0.482 e. The molecule has 37 heavy (non-hydrogen) atoms. The van der Waals surface area contributed by atoms with Gasteiger partial charge in [-0.15, -0.1) is 0 Å². The predicted octanol–water partition coefficient (Wildman–Crippen LogP) is 5.23. The molecule has 13 heteroatoms. The van der Waals surface area contributed by atoms with Crippen molar-refractivity contribution in [3.05, 3.63) is 75.4 Å². The second-order valence-corrected chi connectivity index (χ2v) is 8.94. The third-order valence-corrected chi connectivity index (χ3v) is 6.35. The molecule has 0 spiro atoms. The van der Waals surface area contributed by atoms with E-state index in [2.05, 4.69) is 4.98 Å². The second-order valence-electron chi connectivity index (χ2n) is 8.13. The number of ether oxygens (including phenoxy) is 2. The third kappa shape index (κ3) is 5.15. The number of halogens is 5. The molecule has 2 heterocycles. The number of carbonyl (C=O) groups is 2. The number of benzene rings is 2. The Morgan fingerprint density at radius 2 is 1.89 bits per heavy atom. The molecule has 0 bridgehead atoms. The van der Waals surface area contributed by atoms with E-state index >= 15 is 0 Å². The minimum atomic E-state index is -5.11. The predicted molar refractivity (Wildman–Crippen MR) is 127 cm³/mol. The zero-order valence-corrected chi connectivity index (χ0v) is 20.4. The van der Waals surface area contributed by atoms with Crippen LogP contribution in [0.2, 0.25) is 10.0 Å². The average molecular weight is 557 g/mol. The molecule has 1 aromatic heterocycles. The number of rotatable bonds is 6. The summed E-state index contributed by atoms with van der Waals surface area (Å²) in [6.45, 7) is -0.249. The molecule has 194 valence electrons. The molecule has 1 amide bonds. The molecule has 0 saturated heterocycles. The molecule has 2 aromatic carbocycles. The summed E-state index contributed by atoms with van der Waals surface area (Å²) in [5, 5.41) is 19.7. The van der Waals surface area contributed by atoms with Gasteiger partial charge in [-0.2, -0.15) is 13.2 Å². The molecule has 1 unspecified atom stereocenters. The fourth-order valence-electron chi connectivity index (χ4n) is 3.63. The first kappa shape index (κ1) is 26.5. The Morgan fingerprint density at radius 1 is 1.16 bits per heavy atom. The van der Waals surface area contributed by atoms with Gasteiger partial charge in [-0.3, -0.25) is 4.79 Å². The zero-order valence-electron chi connectivity index (χ0n) is 18.8. The highest BCUT2D eigenvalue weighted by Crippen LogP contribution is 2.45. The number of nitrogens with zero attached hydrogens (tertiary/aromatic N) is 2. The van der Waals surface area contributed by atoms with Crippen LogP contribution in [0.3, 0.4) is 0 Å². The Labute approximate surface area is 217 Å². The van der Waals surface area contributed by atoms with Crippen LogP contribution in [0.1, 0.15) is 21.5 Å². The topological polar surface area (TPSA) is 109 Å². The first-order chi connectivity index (χ1) is 17.3. The second kappa shape index (κ2) is 9.73. The summed E-state index contributed by atoms with van der Waals surface area (Å²) in [6, 6.07) is 8.27. The van der Waals surface area contributed by atoms with Crippen molar-refractivity contribution in [3.63, 3.8) is 0 Å². The largest absolute Gasteiger partial charge is 0.482 e. The van der Waals surface area contributed by atoms with Gasteiger partial charge >= 0.3 is 12.1 Å². The lowest BCUT2D eigenvalue weighted by Crippen LogP contribution is -2.44. The van der Waals surface area contributed by atoms with E-state index in [0.29, 0.717) is 0 Å². The number of carboxylic acids is 1. The molecule has 1 aliphatic heterocycles. The number of carboxylic acid groups (broad SMARTS) is 1. The number of hydrogen-bond acceptors (Lipinski definition) is 6. The monoisotopic (exact) mass is 556 g/mol. The zero-order chi connectivity index (χ0) is 27.1. The van der Waals surface area contributed by atoms with E-state index in [-0.39, 0.29) is 50.8 Å². The highest BCUT2D eigenvalue weighted by molar-refractivity contribution is 6.32. The summed E-state index contributed by atoms with van der Waals surface area (Å²) in [7, 11) is 1.39. The van der Waals surface area contributed by atoms with Gasteiger partial charge in [0.2, 0.25) is 5.88 Å². The number of aliphatic hydroxyl groups is 1. The summed E-state index contributed by atoms with van der Waals surface area (Å²) >= 11 is 12.2. The molecular weight excluding hydrogens is 540 g/mol. The van der Waals surface area contributed by atoms with Crippen molar-refractivity contribution < 1.29 is 42.4 Å². The lowest BCUT2D eigenvalue weighted by molar-refractivity contribution is -0.266. The number of aromatic carboxylic acids is 1. The summed E-state index contributed by atoms with van der Waals surface area (Å²) in [6.07, 6.45) is -5.03. The normalized spacial score (nSPS) is 15.0. The number of anilines is 1. The summed E-state index contributed by atoms with van der Waals surface area (Å²) in [4.78, 5) is 27.9.